The van der Waals surface area contributed by atoms with Crippen molar-refractivity contribution >= 4 is 11.8 Å². The van der Waals surface area contributed by atoms with Crippen molar-refractivity contribution in [3.8, 4) is 0 Å². The summed E-state index contributed by atoms with van der Waals surface area (Å²) in [7, 11) is 0. The molecule has 4 rings (SSSR count). The quantitative estimate of drug-likeness (QED) is 0.692. The van der Waals surface area contributed by atoms with Gasteiger partial charge in [0.25, 0.3) is 0 Å². The summed E-state index contributed by atoms with van der Waals surface area (Å²) < 4.78 is 63.4. The summed E-state index contributed by atoms with van der Waals surface area (Å²) in [5, 5.41) is 0. The number of rotatable bonds is 3. The summed E-state index contributed by atoms with van der Waals surface area (Å²) in [5.41, 5.74) is -1.19. The van der Waals surface area contributed by atoms with E-state index in [1.807, 2.05) is 0 Å². The number of ketones is 1. The minimum absolute atomic E-state index is 0.0107. The van der Waals surface area contributed by atoms with E-state index >= 15 is 0 Å². The number of Topliss-reactive ketones (excluding diaryl/α,β-unsaturated/α-hetero) is 1. The average Bonchev–Trinajstić information content (AvgIpc) is 2.66. The molecule has 1 aromatic rings. The Bertz CT molecular complexity index is 826. The molecule has 2 amide bonds. The number of carbonyl (C=O) groups excluding carboxylic acids is 2. The van der Waals surface area contributed by atoms with Gasteiger partial charge in [-0.2, -0.15) is 13.2 Å². The molecule has 3 aliphatic rings. The minimum Gasteiger partial charge on any atom is -0.370 e. The van der Waals surface area contributed by atoms with Crippen LogP contribution in [0.2, 0.25) is 0 Å². The molecule has 3 fully saturated rings. The molecule has 1 aromatic carbocycles. The zero-order valence-electron chi connectivity index (χ0n) is 16.2. The Balaban J connectivity index is 1.27. The highest BCUT2D eigenvalue weighted by Crippen LogP contribution is 2.33. The summed E-state index contributed by atoms with van der Waals surface area (Å²) in [6, 6.07) is 2.33. The van der Waals surface area contributed by atoms with Gasteiger partial charge >= 0.3 is 12.2 Å². The van der Waals surface area contributed by atoms with Crippen LogP contribution in [-0.2, 0) is 27.1 Å². The summed E-state index contributed by atoms with van der Waals surface area (Å²) in [6.45, 7) is 1.39. The van der Waals surface area contributed by atoms with Crippen molar-refractivity contribution in [2.24, 2.45) is 5.92 Å². The summed E-state index contributed by atoms with van der Waals surface area (Å²) in [6.07, 6.45) is -3.93. The van der Waals surface area contributed by atoms with E-state index in [9.17, 15) is 27.2 Å². The number of fused-ring (bicyclic) bond motifs is 1. The van der Waals surface area contributed by atoms with Gasteiger partial charge in [-0.1, -0.05) is 6.07 Å². The number of alkyl halides is 3. The summed E-state index contributed by atoms with van der Waals surface area (Å²) >= 11 is 0. The Morgan fingerprint density at radius 2 is 1.97 bits per heavy atom. The molecule has 3 saturated heterocycles. The number of piperidine rings is 1. The lowest BCUT2D eigenvalue weighted by Crippen LogP contribution is -2.61. The fraction of sp³-hybridized carbons (Fsp3) is 0.600. The molecule has 0 radical (unpaired) electrons. The van der Waals surface area contributed by atoms with Crippen LogP contribution in [-0.4, -0.2) is 66.6 Å². The number of ether oxygens (including phenoxy) is 2. The Labute approximate surface area is 170 Å². The lowest BCUT2D eigenvalue weighted by molar-refractivity contribution is -0.141. The third-order valence-electron chi connectivity index (χ3n) is 5.85. The molecule has 0 unspecified atom stereocenters. The molecule has 0 spiro atoms. The van der Waals surface area contributed by atoms with E-state index < -0.39 is 17.6 Å². The molecule has 10 heteroatoms. The largest absolute Gasteiger partial charge is 0.416 e. The Kier molecular flexibility index (Phi) is 5.71. The van der Waals surface area contributed by atoms with Crippen LogP contribution < -0.4 is 0 Å². The van der Waals surface area contributed by atoms with Gasteiger partial charge in [-0.05, 0) is 24.1 Å². The summed E-state index contributed by atoms with van der Waals surface area (Å²) in [5.74, 6) is -0.904. The number of hydrogen-bond acceptors (Lipinski definition) is 4. The van der Waals surface area contributed by atoms with Crippen LogP contribution in [0.25, 0.3) is 0 Å². The van der Waals surface area contributed by atoms with Crippen LogP contribution in [0.3, 0.4) is 0 Å². The first-order valence-electron chi connectivity index (χ1n) is 9.85. The predicted molar refractivity (Wildman–Crippen MR) is 96.0 cm³/mol. The second-order valence-corrected chi connectivity index (χ2v) is 8.01. The number of carbonyl (C=O) groups is 2. The standard InChI is InChI=1S/C20H22F4N2O4/c21-14-2-1-12(17(6-14)20(22,23)24)10-29-16-8-26(9-16)19(28)25-4-3-18-13(7-25)5-15(27)11-30-18/h1-2,6,13,16,18H,3-5,7-11H2/t13-,18+/m1/s1. The molecule has 0 bridgehead atoms. The number of urea groups is 1. The van der Waals surface area contributed by atoms with E-state index in [-0.39, 0.29) is 61.8 Å². The van der Waals surface area contributed by atoms with Gasteiger partial charge in [0.1, 0.15) is 12.4 Å². The highest BCUT2D eigenvalue weighted by Gasteiger charge is 2.40. The lowest BCUT2D eigenvalue weighted by Gasteiger charge is -2.45. The first-order valence-corrected chi connectivity index (χ1v) is 9.85. The van der Waals surface area contributed by atoms with Crippen LogP contribution in [0.1, 0.15) is 24.0 Å². The number of likely N-dealkylation sites (tertiary alicyclic amines) is 2. The van der Waals surface area contributed by atoms with Gasteiger partial charge in [0.05, 0.1) is 37.5 Å². The highest BCUT2D eigenvalue weighted by molar-refractivity contribution is 5.81. The van der Waals surface area contributed by atoms with Crippen molar-refractivity contribution in [1.29, 1.82) is 0 Å². The van der Waals surface area contributed by atoms with Gasteiger partial charge < -0.3 is 19.3 Å². The first-order chi connectivity index (χ1) is 14.2. The monoisotopic (exact) mass is 430 g/mol. The van der Waals surface area contributed by atoms with Gasteiger partial charge in [-0.25, -0.2) is 9.18 Å². The van der Waals surface area contributed by atoms with Crippen molar-refractivity contribution < 1.29 is 36.6 Å². The fourth-order valence-corrected chi connectivity index (χ4v) is 4.20. The third kappa shape index (κ3) is 4.44. The second kappa shape index (κ2) is 8.14. The van der Waals surface area contributed by atoms with Gasteiger partial charge in [0.15, 0.2) is 5.78 Å². The molecule has 6 nitrogen and oxygen atoms in total. The SMILES string of the molecule is O=C1CO[C@H]2CCN(C(=O)N3CC(OCc4ccc(F)cc4C(F)(F)F)C3)C[C@H]2C1. The smallest absolute Gasteiger partial charge is 0.370 e. The topological polar surface area (TPSA) is 59.1 Å². The Morgan fingerprint density at radius 1 is 1.20 bits per heavy atom. The van der Waals surface area contributed by atoms with Crippen LogP contribution in [0.5, 0.6) is 0 Å². The number of hydrogen-bond donors (Lipinski definition) is 0. The van der Waals surface area contributed by atoms with E-state index in [1.165, 1.54) is 0 Å². The van der Waals surface area contributed by atoms with Crippen molar-refractivity contribution in [3.05, 3.63) is 35.1 Å². The lowest BCUT2D eigenvalue weighted by atomic mass is 9.88. The average molecular weight is 430 g/mol. The van der Waals surface area contributed by atoms with Gasteiger partial charge in [-0.15, -0.1) is 0 Å². The molecule has 3 heterocycles. The van der Waals surface area contributed by atoms with E-state index in [0.29, 0.717) is 32.0 Å². The molecule has 164 valence electrons. The molecule has 0 aromatic heterocycles. The number of benzene rings is 1. The molecular formula is C20H22F4N2O4. The van der Waals surface area contributed by atoms with Crippen molar-refractivity contribution in [2.75, 3.05) is 32.8 Å². The van der Waals surface area contributed by atoms with Gasteiger partial charge in [-0.3, -0.25) is 4.79 Å². The van der Waals surface area contributed by atoms with E-state index in [1.54, 1.807) is 9.80 Å². The number of nitrogens with zero attached hydrogens (tertiary/aromatic N) is 2. The zero-order chi connectivity index (χ0) is 21.5. The maximum Gasteiger partial charge on any atom is 0.416 e. The molecule has 0 aliphatic carbocycles. The van der Waals surface area contributed by atoms with Crippen LogP contribution >= 0.6 is 0 Å². The molecule has 30 heavy (non-hydrogen) atoms. The van der Waals surface area contributed by atoms with E-state index in [4.69, 9.17) is 9.47 Å². The normalized spacial score (nSPS) is 25.1. The zero-order valence-corrected chi connectivity index (χ0v) is 16.2. The molecule has 0 saturated carbocycles. The third-order valence-corrected chi connectivity index (χ3v) is 5.85. The Morgan fingerprint density at radius 3 is 2.70 bits per heavy atom. The van der Waals surface area contributed by atoms with Crippen LogP contribution in [0.4, 0.5) is 22.4 Å². The fourth-order valence-electron chi connectivity index (χ4n) is 4.20. The first kappa shape index (κ1) is 21.0. The second-order valence-electron chi connectivity index (χ2n) is 8.01. The van der Waals surface area contributed by atoms with Crippen molar-refractivity contribution in [3.63, 3.8) is 0 Å². The van der Waals surface area contributed by atoms with Gasteiger partial charge in [0.2, 0.25) is 0 Å². The van der Waals surface area contributed by atoms with Crippen molar-refractivity contribution in [1.82, 2.24) is 9.80 Å². The number of halogens is 4. The molecule has 0 N–H and O–H groups in total. The van der Waals surface area contributed by atoms with Crippen molar-refractivity contribution in [2.45, 2.75) is 37.8 Å². The van der Waals surface area contributed by atoms with Crippen LogP contribution in [0, 0.1) is 11.7 Å². The van der Waals surface area contributed by atoms with E-state index in [2.05, 4.69) is 0 Å². The van der Waals surface area contributed by atoms with Gasteiger partial charge in [0, 0.05) is 25.4 Å². The van der Waals surface area contributed by atoms with Crippen LogP contribution in [0.15, 0.2) is 18.2 Å². The minimum atomic E-state index is -4.67. The maximum atomic E-state index is 13.2. The maximum absolute atomic E-state index is 13.2. The molecule has 3 aliphatic heterocycles. The molecule has 2 atom stereocenters. The molecular weight excluding hydrogens is 408 g/mol. The number of amides is 2. The van der Waals surface area contributed by atoms with E-state index in [0.717, 1.165) is 12.1 Å². The summed E-state index contributed by atoms with van der Waals surface area (Å²) in [4.78, 5) is 27.5. The predicted octanol–water partition coefficient (Wildman–Crippen LogP) is 2.85. The Hall–Kier alpha value is -2.20. The highest BCUT2D eigenvalue weighted by atomic mass is 19.4.